The third-order valence-corrected chi connectivity index (χ3v) is 5.63. The number of likely N-dealkylation sites (N-methyl/N-ethyl adjacent to an activating group) is 1. The molecule has 1 amide bonds. The molecule has 146 valence electrons. The van der Waals surface area contributed by atoms with Gasteiger partial charge in [-0.3, -0.25) is 9.59 Å². The van der Waals surface area contributed by atoms with E-state index in [0.717, 1.165) is 0 Å². The van der Waals surface area contributed by atoms with E-state index >= 15 is 0 Å². The second-order valence-corrected chi connectivity index (χ2v) is 7.43. The number of amides is 1. The van der Waals surface area contributed by atoms with Crippen LogP contribution < -0.4 is 10.6 Å². The van der Waals surface area contributed by atoms with Crippen LogP contribution in [-0.4, -0.2) is 31.3 Å². The molecule has 4 rings (SSSR count). The number of benzene rings is 1. The molecule has 0 bridgehead atoms. The molecule has 0 fully saturated rings. The van der Waals surface area contributed by atoms with Gasteiger partial charge in [-0.15, -0.1) is 0 Å². The van der Waals surface area contributed by atoms with Crippen molar-refractivity contribution < 1.29 is 23.9 Å². The molecule has 28 heavy (non-hydrogen) atoms. The summed E-state index contributed by atoms with van der Waals surface area (Å²) in [5.41, 5.74) is 5.81. The van der Waals surface area contributed by atoms with Gasteiger partial charge < -0.3 is 20.1 Å². The largest absolute Gasteiger partial charge is 0.462 e. The first-order valence-electron chi connectivity index (χ1n) is 9.33. The van der Waals surface area contributed by atoms with Crippen molar-refractivity contribution in [2.45, 2.75) is 32.1 Å². The molecule has 2 N–H and O–H groups in total. The highest BCUT2D eigenvalue weighted by molar-refractivity contribution is 6.23. The van der Waals surface area contributed by atoms with Gasteiger partial charge in [0.2, 0.25) is 11.8 Å². The van der Waals surface area contributed by atoms with Gasteiger partial charge in [0.15, 0.2) is 5.78 Å². The topological polar surface area (TPSA) is 98.9 Å². The number of ether oxygens (including phenoxy) is 2. The van der Waals surface area contributed by atoms with E-state index in [0.29, 0.717) is 23.4 Å². The number of allylic oxidation sites excluding steroid dienone is 1. The van der Waals surface area contributed by atoms with Crippen molar-refractivity contribution in [3.8, 4) is 0 Å². The summed E-state index contributed by atoms with van der Waals surface area (Å²) in [6.07, 6.45) is 0.748. The smallest absolute Gasteiger partial charge is 0.341 e. The van der Waals surface area contributed by atoms with E-state index in [4.69, 9.17) is 15.2 Å². The Morgan fingerprint density at radius 1 is 1.32 bits per heavy atom. The Hall–Kier alpha value is -3.09. The Morgan fingerprint density at radius 3 is 2.75 bits per heavy atom. The van der Waals surface area contributed by atoms with Crippen molar-refractivity contribution >= 4 is 23.3 Å². The van der Waals surface area contributed by atoms with Crippen LogP contribution in [0, 0.1) is 5.92 Å². The zero-order chi connectivity index (χ0) is 20.2. The summed E-state index contributed by atoms with van der Waals surface area (Å²) in [6.45, 7) is 3.71. The Kier molecular flexibility index (Phi) is 4.06. The first-order chi connectivity index (χ1) is 13.3. The lowest BCUT2D eigenvalue weighted by Gasteiger charge is -2.39. The number of carbonyl (C=O) groups is 3. The number of fused-ring (bicyclic) bond motifs is 3. The van der Waals surface area contributed by atoms with Crippen LogP contribution in [0.5, 0.6) is 0 Å². The van der Waals surface area contributed by atoms with Gasteiger partial charge in [0.25, 0.3) is 0 Å². The van der Waals surface area contributed by atoms with Gasteiger partial charge >= 0.3 is 5.97 Å². The molecule has 1 spiro atoms. The minimum Gasteiger partial charge on any atom is -0.462 e. The third kappa shape index (κ3) is 2.19. The minimum atomic E-state index is -1.63. The number of rotatable bonds is 2. The molecule has 7 nitrogen and oxygen atoms in total. The molecule has 0 saturated heterocycles. The Balaban J connectivity index is 2.09. The summed E-state index contributed by atoms with van der Waals surface area (Å²) in [5.74, 6) is -1.12. The quantitative estimate of drug-likeness (QED) is 0.785. The standard InChI is InChI=1S/C21H22N2O5/c1-4-27-19(25)17-18(22)28-15-10-11(2)9-14(24)16(15)21(17)12-7-5-6-8-13(12)23(3)20(21)26/h5-8,11H,4,9-10,22H2,1-3H3/t11-,21+/m0/s1. The molecule has 0 unspecified atom stereocenters. The highest BCUT2D eigenvalue weighted by Gasteiger charge is 2.63. The molecule has 1 aromatic carbocycles. The van der Waals surface area contributed by atoms with Crippen molar-refractivity contribution in [3.05, 3.63) is 52.6 Å². The van der Waals surface area contributed by atoms with Crippen LogP contribution in [0.25, 0.3) is 0 Å². The number of hydrogen-bond acceptors (Lipinski definition) is 6. The molecular formula is C21H22N2O5. The van der Waals surface area contributed by atoms with Gasteiger partial charge in [-0.25, -0.2) is 4.79 Å². The van der Waals surface area contributed by atoms with Crippen LogP contribution in [0.2, 0.25) is 0 Å². The zero-order valence-electron chi connectivity index (χ0n) is 16.1. The van der Waals surface area contributed by atoms with Gasteiger partial charge in [0, 0.05) is 31.1 Å². The lowest BCUT2D eigenvalue weighted by atomic mass is 9.64. The Bertz CT molecular complexity index is 977. The molecule has 0 saturated carbocycles. The predicted molar refractivity (Wildman–Crippen MR) is 101 cm³/mol. The number of anilines is 1. The average molecular weight is 382 g/mol. The zero-order valence-corrected chi connectivity index (χ0v) is 16.1. The van der Waals surface area contributed by atoms with E-state index in [1.165, 1.54) is 4.90 Å². The predicted octanol–water partition coefficient (Wildman–Crippen LogP) is 1.92. The first kappa shape index (κ1) is 18.3. The number of para-hydroxylation sites is 1. The molecule has 2 heterocycles. The molecular weight excluding hydrogens is 360 g/mol. The number of ketones is 1. The van der Waals surface area contributed by atoms with Crippen LogP contribution in [0.4, 0.5) is 5.69 Å². The van der Waals surface area contributed by atoms with Crippen molar-refractivity contribution in [1.29, 1.82) is 0 Å². The second-order valence-electron chi connectivity index (χ2n) is 7.43. The van der Waals surface area contributed by atoms with Gasteiger partial charge in [-0.1, -0.05) is 25.1 Å². The molecule has 2 atom stereocenters. The van der Waals surface area contributed by atoms with Crippen LogP contribution in [0.3, 0.4) is 0 Å². The summed E-state index contributed by atoms with van der Waals surface area (Å²) in [4.78, 5) is 41.2. The molecule has 2 aliphatic heterocycles. The van der Waals surface area contributed by atoms with Gasteiger partial charge in [-0.05, 0) is 18.9 Å². The lowest BCUT2D eigenvalue weighted by molar-refractivity contribution is -0.141. The SMILES string of the molecule is CCOC(=O)C1=C(N)OC2=C(C(=O)C[C@H](C)C2)[C@@]12C(=O)N(C)c1ccccc12. The minimum absolute atomic E-state index is 0.0599. The fraction of sp³-hybridized carbons (Fsp3) is 0.381. The maximum atomic E-state index is 13.7. The van der Waals surface area contributed by atoms with E-state index < -0.39 is 17.3 Å². The van der Waals surface area contributed by atoms with Crippen LogP contribution in [-0.2, 0) is 29.3 Å². The Morgan fingerprint density at radius 2 is 2.04 bits per heavy atom. The fourth-order valence-corrected chi connectivity index (χ4v) is 4.57. The molecule has 0 radical (unpaired) electrons. The molecule has 1 aliphatic carbocycles. The molecule has 7 heteroatoms. The number of hydrogen-bond donors (Lipinski definition) is 1. The highest BCUT2D eigenvalue weighted by atomic mass is 16.5. The third-order valence-electron chi connectivity index (χ3n) is 5.63. The van der Waals surface area contributed by atoms with Crippen molar-refractivity contribution in [3.63, 3.8) is 0 Å². The number of esters is 1. The van der Waals surface area contributed by atoms with Crippen molar-refractivity contribution in [2.24, 2.45) is 11.7 Å². The maximum Gasteiger partial charge on any atom is 0.341 e. The number of carbonyl (C=O) groups excluding carboxylic acids is 3. The summed E-state index contributed by atoms with van der Waals surface area (Å²) in [5, 5.41) is 0. The van der Waals surface area contributed by atoms with Gasteiger partial charge in [-0.2, -0.15) is 0 Å². The second kappa shape index (κ2) is 6.22. The van der Waals surface area contributed by atoms with E-state index in [1.54, 1.807) is 38.2 Å². The van der Waals surface area contributed by atoms with E-state index in [-0.39, 0.29) is 41.8 Å². The average Bonchev–Trinajstić information content (AvgIpc) is 2.84. The molecule has 0 aromatic heterocycles. The van der Waals surface area contributed by atoms with E-state index in [1.807, 2.05) is 6.92 Å². The number of nitrogens with two attached hydrogens (primary N) is 1. The monoisotopic (exact) mass is 382 g/mol. The number of nitrogens with zero attached hydrogens (tertiary/aromatic N) is 1. The number of Topliss-reactive ketones (excluding diaryl/α,β-unsaturated/α-hetero) is 1. The maximum absolute atomic E-state index is 13.7. The molecule has 1 aromatic rings. The molecule has 3 aliphatic rings. The fourth-order valence-electron chi connectivity index (χ4n) is 4.57. The normalized spacial score (nSPS) is 26.4. The van der Waals surface area contributed by atoms with Crippen molar-refractivity contribution in [1.82, 2.24) is 0 Å². The summed E-state index contributed by atoms with van der Waals surface area (Å²) in [6, 6.07) is 7.12. The first-order valence-corrected chi connectivity index (χ1v) is 9.33. The van der Waals surface area contributed by atoms with Crippen LogP contribution >= 0.6 is 0 Å². The van der Waals surface area contributed by atoms with Gasteiger partial charge in [0.05, 0.1) is 12.2 Å². The van der Waals surface area contributed by atoms with E-state index in [2.05, 4.69) is 0 Å². The lowest BCUT2D eigenvalue weighted by Crippen LogP contribution is -2.51. The van der Waals surface area contributed by atoms with E-state index in [9.17, 15) is 14.4 Å². The summed E-state index contributed by atoms with van der Waals surface area (Å²) < 4.78 is 11.0. The van der Waals surface area contributed by atoms with Gasteiger partial charge in [0.1, 0.15) is 16.7 Å². The Labute approximate surface area is 162 Å². The summed E-state index contributed by atoms with van der Waals surface area (Å²) >= 11 is 0. The van der Waals surface area contributed by atoms with Crippen LogP contribution in [0.15, 0.2) is 47.1 Å². The summed E-state index contributed by atoms with van der Waals surface area (Å²) in [7, 11) is 1.63. The van der Waals surface area contributed by atoms with Crippen molar-refractivity contribution in [2.75, 3.05) is 18.6 Å². The van der Waals surface area contributed by atoms with Crippen LogP contribution in [0.1, 0.15) is 32.3 Å². The highest BCUT2D eigenvalue weighted by Crippen LogP contribution is 2.56.